The molecule has 4 aliphatic rings. The second-order valence-electron chi connectivity index (χ2n) is 6.41. The van der Waals surface area contributed by atoms with E-state index in [0.29, 0.717) is 10.8 Å². The molecule has 4 aliphatic heterocycles. The fourth-order valence-corrected chi connectivity index (χ4v) is 3.55. The Balaban J connectivity index is 1.16. The number of rotatable bonds is 3. The molecule has 4 rings (SSSR count). The molecule has 0 aromatic heterocycles. The highest BCUT2D eigenvalue weighted by Crippen LogP contribution is 2.39. The largest absolute Gasteiger partial charge is 0.380 e. The van der Waals surface area contributed by atoms with Crippen molar-refractivity contribution in [2.75, 3.05) is 65.7 Å². The fourth-order valence-electron chi connectivity index (χ4n) is 3.55. The van der Waals surface area contributed by atoms with Gasteiger partial charge in [0.1, 0.15) is 0 Å². The molecule has 0 unspecified atom stereocenters. The Bertz CT molecular complexity index is 253. The molecule has 0 saturated carbocycles. The van der Waals surface area contributed by atoms with Crippen LogP contribution < -0.4 is 0 Å². The average molecular weight is 224 g/mol. The van der Waals surface area contributed by atoms with Gasteiger partial charge in [0, 0.05) is 50.1 Å². The van der Waals surface area contributed by atoms with Gasteiger partial charge in [-0.2, -0.15) is 0 Å². The summed E-state index contributed by atoms with van der Waals surface area (Å²) in [4.78, 5) is 5.15. The summed E-state index contributed by atoms with van der Waals surface area (Å²) in [7, 11) is 0. The molecule has 0 amide bonds. The van der Waals surface area contributed by atoms with Crippen LogP contribution in [0.15, 0.2) is 0 Å². The van der Waals surface area contributed by atoms with E-state index in [-0.39, 0.29) is 0 Å². The van der Waals surface area contributed by atoms with Crippen molar-refractivity contribution < 1.29 is 9.47 Å². The Morgan fingerprint density at radius 1 is 0.688 bits per heavy atom. The number of hydrogen-bond donors (Lipinski definition) is 0. The van der Waals surface area contributed by atoms with Crippen molar-refractivity contribution in [3.8, 4) is 0 Å². The van der Waals surface area contributed by atoms with Gasteiger partial charge in [-0.15, -0.1) is 0 Å². The van der Waals surface area contributed by atoms with Crippen LogP contribution in [0.4, 0.5) is 0 Å². The molecule has 4 saturated heterocycles. The first-order valence-corrected chi connectivity index (χ1v) is 6.38. The molecule has 0 bridgehead atoms. The molecular formula is C12H20N2O2. The molecule has 90 valence electrons. The number of likely N-dealkylation sites (tertiary alicyclic amines) is 2. The lowest BCUT2D eigenvalue weighted by atomic mass is 9.77. The maximum Gasteiger partial charge on any atom is 0.0569 e. The van der Waals surface area contributed by atoms with Crippen molar-refractivity contribution in [3.05, 3.63) is 0 Å². The van der Waals surface area contributed by atoms with Crippen LogP contribution in [0.5, 0.6) is 0 Å². The lowest BCUT2D eigenvalue weighted by Gasteiger charge is -2.58. The summed E-state index contributed by atoms with van der Waals surface area (Å²) in [5.41, 5.74) is 1.16. The van der Waals surface area contributed by atoms with Crippen molar-refractivity contribution in [3.63, 3.8) is 0 Å². The minimum Gasteiger partial charge on any atom is -0.380 e. The summed E-state index contributed by atoms with van der Waals surface area (Å²) in [6, 6.07) is 0. The molecule has 0 radical (unpaired) electrons. The van der Waals surface area contributed by atoms with E-state index in [0.717, 1.165) is 26.4 Å². The molecule has 0 aromatic rings. The van der Waals surface area contributed by atoms with E-state index in [9.17, 15) is 0 Å². The minimum atomic E-state index is 0.581. The Hall–Kier alpha value is -0.160. The summed E-state index contributed by atoms with van der Waals surface area (Å²) < 4.78 is 10.6. The topological polar surface area (TPSA) is 24.9 Å². The first-order chi connectivity index (χ1) is 7.78. The maximum absolute atomic E-state index is 5.28. The van der Waals surface area contributed by atoms with Crippen LogP contribution in [-0.4, -0.2) is 75.5 Å². The molecule has 2 spiro atoms. The number of nitrogens with zero attached hydrogens (tertiary/aromatic N) is 2. The van der Waals surface area contributed by atoms with E-state index in [4.69, 9.17) is 9.47 Å². The molecule has 4 fully saturated rings. The maximum atomic E-state index is 5.28. The van der Waals surface area contributed by atoms with Gasteiger partial charge in [0.15, 0.2) is 0 Å². The van der Waals surface area contributed by atoms with Gasteiger partial charge < -0.3 is 19.3 Å². The first kappa shape index (κ1) is 9.83. The van der Waals surface area contributed by atoms with Gasteiger partial charge in [-0.1, -0.05) is 0 Å². The summed E-state index contributed by atoms with van der Waals surface area (Å²) in [5, 5.41) is 0. The quantitative estimate of drug-likeness (QED) is 0.654. The Labute approximate surface area is 96.5 Å². The fraction of sp³-hybridized carbons (Fsp3) is 1.00. The summed E-state index contributed by atoms with van der Waals surface area (Å²) in [6.07, 6.45) is 0. The van der Waals surface area contributed by atoms with Crippen LogP contribution in [0, 0.1) is 10.8 Å². The van der Waals surface area contributed by atoms with Crippen LogP contribution >= 0.6 is 0 Å². The van der Waals surface area contributed by atoms with Crippen LogP contribution in [0.1, 0.15) is 0 Å². The van der Waals surface area contributed by atoms with Gasteiger partial charge in [0.05, 0.1) is 26.4 Å². The zero-order valence-corrected chi connectivity index (χ0v) is 9.78. The second-order valence-corrected chi connectivity index (χ2v) is 6.41. The summed E-state index contributed by atoms with van der Waals surface area (Å²) >= 11 is 0. The zero-order chi connectivity index (χ0) is 10.6. The standard InChI is InChI=1S/C12H20N2O2/c1(13-3-11(4-13)7-15-8-11)2-14-5-12(6-14)9-16-10-12/h1-10H2. The van der Waals surface area contributed by atoms with Crippen molar-refractivity contribution in [1.29, 1.82) is 0 Å². The van der Waals surface area contributed by atoms with E-state index in [2.05, 4.69) is 9.80 Å². The van der Waals surface area contributed by atoms with Crippen LogP contribution in [-0.2, 0) is 9.47 Å². The van der Waals surface area contributed by atoms with E-state index >= 15 is 0 Å². The third-order valence-electron chi connectivity index (χ3n) is 4.60. The van der Waals surface area contributed by atoms with Crippen LogP contribution in [0.2, 0.25) is 0 Å². The summed E-state index contributed by atoms with van der Waals surface area (Å²) in [5.74, 6) is 0. The van der Waals surface area contributed by atoms with Crippen LogP contribution in [0.3, 0.4) is 0 Å². The van der Waals surface area contributed by atoms with Crippen molar-refractivity contribution in [2.24, 2.45) is 10.8 Å². The third-order valence-corrected chi connectivity index (χ3v) is 4.60. The Kier molecular flexibility index (Phi) is 1.96. The van der Waals surface area contributed by atoms with Crippen molar-refractivity contribution in [1.82, 2.24) is 9.80 Å². The molecule has 16 heavy (non-hydrogen) atoms. The van der Waals surface area contributed by atoms with Gasteiger partial charge in [0.2, 0.25) is 0 Å². The molecular weight excluding hydrogens is 204 g/mol. The lowest BCUT2D eigenvalue weighted by molar-refractivity contribution is -0.202. The lowest BCUT2D eigenvalue weighted by Crippen LogP contribution is -2.69. The Morgan fingerprint density at radius 2 is 1.06 bits per heavy atom. The highest BCUT2D eigenvalue weighted by molar-refractivity contribution is 5.02. The van der Waals surface area contributed by atoms with Gasteiger partial charge in [-0.3, -0.25) is 0 Å². The van der Waals surface area contributed by atoms with Gasteiger partial charge in [-0.25, -0.2) is 0 Å². The highest BCUT2D eigenvalue weighted by Gasteiger charge is 2.50. The first-order valence-electron chi connectivity index (χ1n) is 6.38. The van der Waals surface area contributed by atoms with Crippen molar-refractivity contribution in [2.45, 2.75) is 0 Å². The van der Waals surface area contributed by atoms with Crippen molar-refractivity contribution >= 4 is 0 Å². The van der Waals surface area contributed by atoms with E-state index in [1.807, 2.05) is 0 Å². The molecule has 0 N–H and O–H groups in total. The molecule has 4 heteroatoms. The number of hydrogen-bond acceptors (Lipinski definition) is 4. The monoisotopic (exact) mass is 224 g/mol. The Morgan fingerprint density at radius 3 is 1.31 bits per heavy atom. The molecule has 0 aliphatic carbocycles. The highest BCUT2D eigenvalue weighted by atomic mass is 16.5. The average Bonchev–Trinajstić information content (AvgIpc) is 1.98. The van der Waals surface area contributed by atoms with E-state index in [1.165, 1.54) is 39.3 Å². The SMILES string of the molecule is C(CN1CC2(COC2)C1)N1CC2(COC2)C1. The smallest absolute Gasteiger partial charge is 0.0569 e. The third kappa shape index (κ3) is 1.37. The number of ether oxygens (including phenoxy) is 2. The minimum absolute atomic E-state index is 0.581. The zero-order valence-electron chi connectivity index (χ0n) is 9.78. The second kappa shape index (κ2) is 3.19. The molecule has 4 nitrogen and oxygen atoms in total. The predicted molar refractivity (Wildman–Crippen MR) is 59.4 cm³/mol. The van der Waals surface area contributed by atoms with Gasteiger partial charge in [0.25, 0.3) is 0 Å². The van der Waals surface area contributed by atoms with Crippen LogP contribution in [0.25, 0.3) is 0 Å². The summed E-state index contributed by atoms with van der Waals surface area (Å²) in [6.45, 7) is 11.6. The normalized spacial score (nSPS) is 35.2. The molecule has 0 atom stereocenters. The predicted octanol–water partition coefficient (Wildman–Crippen LogP) is -0.349. The van der Waals surface area contributed by atoms with Gasteiger partial charge >= 0.3 is 0 Å². The molecule has 0 aromatic carbocycles. The van der Waals surface area contributed by atoms with Gasteiger partial charge in [-0.05, 0) is 0 Å². The molecule has 4 heterocycles. The van der Waals surface area contributed by atoms with E-state index < -0.39 is 0 Å². The van der Waals surface area contributed by atoms with E-state index in [1.54, 1.807) is 0 Å².